The van der Waals surface area contributed by atoms with Crippen LogP contribution < -0.4 is 10.2 Å². The fraction of sp³-hybridized carbons (Fsp3) is 0.483. The van der Waals surface area contributed by atoms with E-state index in [1.165, 1.54) is 93.0 Å². The number of carbonyl (C=O) groups excluding carboxylic acids is 6. The molecule has 75 heavy (non-hydrogen) atoms. The molecule has 12 rings (SSSR count). The van der Waals surface area contributed by atoms with Gasteiger partial charge in [0.1, 0.15) is 35.3 Å². The number of ether oxygens (including phenoxy) is 2. The van der Waals surface area contributed by atoms with E-state index in [2.05, 4.69) is 26.6 Å². The van der Waals surface area contributed by atoms with Gasteiger partial charge in [-0.25, -0.2) is 9.59 Å². The highest BCUT2D eigenvalue weighted by atomic mass is 35.5. The molecule has 6 aromatic rings. The monoisotopic (exact) mass is 1070 g/mol. The predicted octanol–water partition coefficient (Wildman–Crippen LogP) is 12.0. The van der Waals surface area contributed by atoms with Crippen LogP contribution in [0.1, 0.15) is 145 Å². The number of likely N-dealkylation sites (tertiary alicyclic amines) is 2. The number of methoxy groups -OCH3 is 2. The third-order valence-corrected chi connectivity index (χ3v) is 18.5. The number of alkyl halides is 1. The zero-order valence-electron chi connectivity index (χ0n) is 43.1. The number of para-hydroxylation sites is 2. The molecule has 2 aromatic carbocycles. The van der Waals surface area contributed by atoms with Crippen molar-refractivity contribution in [1.29, 1.82) is 0 Å². The van der Waals surface area contributed by atoms with Crippen molar-refractivity contribution in [2.75, 3.05) is 63.0 Å². The zero-order chi connectivity index (χ0) is 52.2. The van der Waals surface area contributed by atoms with E-state index in [4.69, 9.17) is 21.1 Å². The van der Waals surface area contributed by atoms with Gasteiger partial charge >= 0.3 is 11.9 Å². The molecule has 2 saturated heterocycles. The number of esters is 2. The number of benzene rings is 2. The normalized spacial score (nSPS) is 18.0. The Bertz CT molecular complexity index is 3110. The second-order valence-electron chi connectivity index (χ2n) is 20.6. The van der Waals surface area contributed by atoms with Crippen LogP contribution in [0.4, 0.5) is 11.4 Å². The average molecular weight is 1080 g/mol. The zero-order valence-corrected chi connectivity index (χ0v) is 45.5. The first-order chi connectivity index (χ1) is 36.6. The number of carbonyl (C=O) groups is 6. The lowest BCUT2D eigenvalue weighted by Crippen LogP contribution is -2.45. The van der Waals surface area contributed by atoms with Gasteiger partial charge in [0.15, 0.2) is 0 Å². The predicted molar refractivity (Wildman–Crippen MR) is 297 cm³/mol. The fourth-order valence-corrected chi connectivity index (χ4v) is 14.9. The Labute approximate surface area is 451 Å². The van der Waals surface area contributed by atoms with Crippen LogP contribution in [0.3, 0.4) is 0 Å². The van der Waals surface area contributed by atoms with Crippen LogP contribution in [0.25, 0.3) is 42.9 Å². The van der Waals surface area contributed by atoms with Crippen LogP contribution in [0, 0.1) is 0 Å². The van der Waals surface area contributed by atoms with E-state index >= 15 is 0 Å². The number of rotatable bonds is 7. The summed E-state index contributed by atoms with van der Waals surface area (Å²) in [6.45, 7) is 3.79. The minimum Gasteiger partial charge on any atom is -0.465 e. The van der Waals surface area contributed by atoms with Crippen molar-refractivity contribution in [3.05, 3.63) is 81.5 Å². The van der Waals surface area contributed by atoms with E-state index in [0.717, 1.165) is 138 Å². The van der Waals surface area contributed by atoms with Gasteiger partial charge in [0.2, 0.25) is 23.6 Å². The van der Waals surface area contributed by atoms with Crippen LogP contribution >= 0.6 is 34.3 Å². The third kappa shape index (κ3) is 10.8. The molecule has 4 fully saturated rings. The Morgan fingerprint density at radius 1 is 0.600 bits per heavy atom. The van der Waals surface area contributed by atoms with E-state index in [0.29, 0.717) is 21.6 Å². The average Bonchev–Trinajstić information content (AvgIpc) is 4.19. The van der Waals surface area contributed by atoms with Gasteiger partial charge in [-0.2, -0.15) is 0 Å². The smallest absolute Gasteiger partial charge is 0.348 e. The van der Waals surface area contributed by atoms with Crippen molar-refractivity contribution in [3.8, 4) is 22.5 Å². The van der Waals surface area contributed by atoms with Crippen LogP contribution in [0.5, 0.6) is 0 Å². The molecule has 0 radical (unpaired) electrons. The molecule has 17 heteroatoms. The highest BCUT2D eigenvalue weighted by Gasteiger charge is 2.37. The summed E-state index contributed by atoms with van der Waals surface area (Å²) in [6, 6.07) is 19.8. The lowest BCUT2D eigenvalue weighted by Gasteiger charge is -2.30. The molecule has 4 aromatic heterocycles. The third-order valence-electron chi connectivity index (χ3n) is 16.0. The molecule has 8 heterocycles. The van der Waals surface area contributed by atoms with Gasteiger partial charge in [-0.15, -0.1) is 34.3 Å². The van der Waals surface area contributed by atoms with E-state index in [1.54, 1.807) is 4.90 Å². The highest BCUT2D eigenvalue weighted by Crippen LogP contribution is 2.51. The standard InChI is InChI=1S/C29H33N3O4S.C22H22N2O3S.C7H12ClNO/c1-36-29(35)23-16-22-28(37-23)26(19-10-4-2-5-11-19)27-20-12-6-7-13-21(20)31(25(34)18-32(22)27)17-24(33)30-14-8-3-9-15-30;1-27-22(26)17-11-16-21(28-17)19(13-7-3-2-4-8-13)20-14-9-5-6-10-15(14)23-18(25)12-24(16)20;8-6-7(10)9-4-2-1-3-5-9/h6-7,12-13,16,19H,2-5,8-11,14-15,17-18H2,1H3;5-6,9-11,13H,2-4,7-8,12H2,1H3,(H,23,25);1-6H2. The Hall–Kier alpha value is -5.97. The molecule has 2 aliphatic carbocycles. The number of anilines is 2. The summed E-state index contributed by atoms with van der Waals surface area (Å²) >= 11 is 8.37. The summed E-state index contributed by atoms with van der Waals surface area (Å²) in [7, 11) is 2.81. The highest BCUT2D eigenvalue weighted by molar-refractivity contribution is 7.21. The van der Waals surface area contributed by atoms with Gasteiger partial charge in [-0.1, -0.05) is 74.9 Å². The van der Waals surface area contributed by atoms with Crippen LogP contribution in [-0.4, -0.2) is 107 Å². The van der Waals surface area contributed by atoms with E-state index in [-0.39, 0.29) is 61.1 Å². The minimum absolute atomic E-state index is 0.00981. The molecule has 396 valence electrons. The Kier molecular flexibility index (Phi) is 16.4. The number of nitrogens with one attached hydrogen (secondary N) is 1. The lowest BCUT2D eigenvalue weighted by atomic mass is 9.83. The summed E-state index contributed by atoms with van der Waals surface area (Å²) in [4.78, 5) is 81.9. The van der Waals surface area contributed by atoms with Crippen molar-refractivity contribution in [2.24, 2.45) is 0 Å². The molecule has 4 amide bonds. The maximum atomic E-state index is 13.8. The first-order valence-electron chi connectivity index (χ1n) is 27.0. The molecule has 6 aliphatic rings. The molecular weight excluding hydrogens is 1010 g/mol. The maximum absolute atomic E-state index is 13.8. The maximum Gasteiger partial charge on any atom is 0.348 e. The number of nitrogens with zero attached hydrogens (tertiary/aromatic N) is 5. The van der Waals surface area contributed by atoms with Crippen LogP contribution in [0.15, 0.2) is 60.7 Å². The van der Waals surface area contributed by atoms with Crippen molar-refractivity contribution in [3.63, 3.8) is 0 Å². The van der Waals surface area contributed by atoms with E-state index < -0.39 is 0 Å². The molecule has 1 N–H and O–H groups in total. The summed E-state index contributed by atoms with van der Waals surface area (Å²) < 4.78 is 16.4. The number of halogens is 1. The lowest BCUT2D eigenvalue weighted by molar-refractivity contribution is -0.132. The van der Waals surface area contributed by atoms with Gasteiger partial charge < -0.3 is 38.6 Å². The first kappa shape index (κ1) is 52.5. The fourth-order valence-electron chi connectivity index (χ4n) is 12.3. The quantitative estimate of drug-likeness (QED) is 0.123. The Morgan fingerprint density at radius 2 is 1.07 bits per heavy atom. The minimum atomic E-state index is -0.348. The van der Waals surface area contributed by atoms with Gasteiger partial charge in [-0.05, 0) is 111 Å². The second kappa shape index (κ2) is 23.5. The van der Waals surface area contributed by atoms with E-state index in [9.17, 15) is 28.8 Å². The topological polar surface area (TPSA) is 152 Å². The summed E-state index contributed by atoms with van der Waals surface area (Å²) in [5.41, 5.74) is 10.4. The molecule has 0 bridgehead atoms. The van der Waals surface area contributed by atoms with Gasteiger partial charge in [0.25, 0.3) is 0 Å². The van der Waals surface area contributed by atoms with Gasteiger partial charge in [0, 0.05) is 37.3 Å². The summed E-state index contributed by atoms with van der Waals surface area (Å²) in [5.74, 6) is 0.262. The van der Waals surface area contributed by atoms with Crippen LogP contribution in [0.2, 0.25) is 0 Å². The SMILES string of the molecule is COC(=O)c1cc2c(s1)c(C1CCCCC1)c1n2CC(=O)N(CC(=O)N2CCCCC2)c2ccccc2-1.COC(=O)c1cc2c(s1)c(C1CCCCC1)c1n2CC(=O)Nc2ccccc2-1.O=C(CCl)N1CCCCC1. The van der Waals surface area contributed by atoms with Gasteiger partial charge in [-0.3, -0.25) is 19.2 Å². The largest absolute Gasteiger partial charge is 0.465 e. The van der Waals surface area contributed by atoms with Crippen molar-refractivity contribution in [1.82, 2.24) is 18.9 Å². The molecule has 0 atom stereocenters. The van der Waals surface area contributed by atoms with Crippen LogP contribution in [-0.2, 0) is 41.7 Å². The van der Waals surface area contributed by atoms with Crippen molar-refractivity contribution >= 4 is 102 Å². The number of thiophene rings is 2. The Balaban J connectivity index is 0.000000148. The summed E-state index contributed by atoms with van der Waals surface area (Å²) in [5, 5.41) is 3.04. The molecule has 0 unspecified atom stereocenters. The number of amides is 4. The molecule has 2 saturated carbocycles. The number of fused-ring (bicyclic) bond motifs is 10. The van der Waals surface area contributed by atoms with Crippen molar-refractivity contribution < 1.29 is 38.2 Å². The molecule has 0 spiro atoms. The van der Waals surface area contributed by atoms with E-state index in [1.807, 2.05) is 58.3 Å². The molecular formula is C58H67ClN6O8S2. The number of aromatic nitrogens is 2. The Morgan fingerprint density at radius 3 is 1.60 bits per heavy atom. The second-order valence-corrected chi connectivity index (χ2v) is 23.0. The molecule has 14 nitrogen and oxygen atoms in total. The first-order valence-corrected chi connectivity index (χ1v) is 29.1. The molecule has 4 aliphatic heterocycles. The number of hydrogen-bond donors (Lipinski definition) is 1. The van der Waals surface area contributed by atoms with Crippen molar-refractivity contribution in [2.45, 2.75) is 128 Å². The summed E-state index contributed by atoms with van der Waals surface area (Å²) in [6.07, 6.45) is 18.6. The van der Waals surface area contributed by atoms with Gasteiger partial charge in [0.05, 0.1) is 57.4 Å². The number of piperidine rings is 2. The number of hydrogen-bond acceptors (Lipinski definition) is 10.